The highest BCUT2D eigenvalue weighted by Gasteiger charge is 2.22. The van der Waals surface area contributed by atoms with Gasteiger partial charge in [0.2, 0.25) is 11.8 Å². The average molecular weight is 291 g/mol. The lowest BCUT2D eigenvalue weighted by Gasteiger charge is -2.15. The molecule has 21 heavy (non-hydrogen) atoms. The third kappa shape index (κ3) is 3.22. The van der Waals surface area contributed by atoms with Crippen molar-refractivity contribution in [1.29, 1.82) is 0 Å². The van der Waals surface area contributed by atoms with Crippen LogP contribution in [0.4, 0.5) is 21.8 Å². The molecule has 0 aliphatic rings. The van der Waals surface area contributed by atoms with Crippen LogP contribution >= 0.6 is 0 Å². The molecule has 0 radical (unpaired) electrons. The van der Waals surface area contributed by atoms with E-state index in [1.54, 1.807) is 19.1 Å². The number of benzene rings is 1. The molecule has 7 nitrogen and oxygen atoms in total. The first-order chi connectivity index (χ1) is 9.88. The minimum atomic E-state index is -0.561. The van der Waals surface area contributed by atoms with E-state index >= 15 is 0 Å². The van der Waals surface area contributed by atoms with Crippen LogP contribution in [0.2, 0.25) is 0 Å². The predicted octanol–water partition coefficient (Wildman–Crippen LogP) is 2.59. The van der Waals surface area contributed by atoms with E-state index in [-0.39, 0.29) is 35.0 Å². The van der Waals surface area contributed by atoms with Gasteiger partial charge in [-0.15, -0.1) is 0 Å². The topological polar surface area (TPSA) is 107 Å². The summed E-state index contributed by atoms with van der Waals surface area (Å²) in [6.45, 7) is 3.27. The molecule has 110 valence electrons. The second-order valence-corrected chi connectivity index (χ2v) is 4.54. The molecule has 0 bridgehead atoms. The lowest BCUT2D eigenvalue weighted by atomic mass is 10.1. The van der Waals surface area contributed by atoms with Gasteiger partial charge in [-0.1, -0.05) is 12.1 Å². The minimum absolute atomic E-state index is 0.0434. The highest BCUT2D eigenvalue weighted by Crippen LogP contribution is 2.29. The summed E-state index contributed by atoms with van der Waals surface area (Å²) in [4.78, 5) is 18.2. The molecule has 0 aliphatic carbocycles. The molecule has 1 aromatic carbocycles. The van der Waals surface area contributed by atoms with Crippen molar-refractivity contribution < 1.29 is 9.31 Å². The van der Waals surface area contributed by atoms with E-state index in [2.05, 4.69) is 15.3 Å². The minimum Gasteiger partial charge on any atom is -0.368 e. The van der Waals surface area contributed by atoms with Crippen LogP contribution in [0.15, 0.2) is 24.3 Å². The highest BCUT2D eigenvalue weighted by atomic mass is 19.1. The van der Waals surface area contributed by atoms with Gasteiger partial charge >= 0.3 is 5.69 Å². The average Bonchev–Trinajstić information content (AvgIpc) is 2.37. The molecule has 8 heteroatoms. The van der Waals surface area contributed by atoms with Crippen LogP contribution in [0.3, 0.4) is 0 Å². The van der Waals surface area contributed by atoms with Crippen LogP contribution in [0.25, 0.3) is 0 Å². The molecule has 3 N–H and O–H groups in total. The van der Waals surface area contributed by atoms with E-state index in [0.29, 0.717) is 0 Å². The SMILES string of the molecule is Cc1nc(N)nc(NC(C)c2ccc(F)cc2)c1[N+](=O)[O-]. The molecular formula is C13H14FN5O2. The van der Waals surface area contributed by atoms with Gasteiger partial charge in [0.15, 0.2) is 0 Å². The maximum atomic E-state index is 12.9. The Hall–Kier alpha value is -2.77. The van der Waals surface area contributed by atoms with E-state index in [1.807, 2.05) is 0 Å². The molecule has 1 aromatic heterocycles. The van der Waals surface area contributed by atoms with Crippen LogP contribution in [0, 0.1) is 22.9 Å². The van der Waals surface area contributed by atoms with Crippen molar-refractivity contribution in [3.05, 3.63) is 51.5 Å². The molecule has 0 amide bonds. The van der Waals surface area contributed by atoms with Crippen LogP contribution in [-0.2, 0) is 0 Å². The van der Waals surface area contributed by atoms with Crippen molar-refractivity contribution >= 4 is 17.5 Å². The lowest BCUT2D eigenvalue weighted by Crippen LogP contribution is -2.13. The van der Waals surface area contributed by atoms with Crippen molar-refractivity contribution in [2.45, 2.75) is 19.9 Å². The van der Waals surface area contributed by atoms with Gasteiger partial charge in [-0.3, -0.25) is 10.1 Å². The number of aryl methyl sites for hydroxylation is 1. The van der Waals surface area contributed by atoms with Crippen molar-refractivity contribution in [2.75, 3.05) is 11.1 Å². The second kappa shape index (κ2) is 5.70. The van der Waals surface area contributed by atoms with Gasteiger partial charge in [0, 0.05) is 0 Å². The van der Waals surface area contributed by atoms with Crippen molar-refractivity contribution in [1.82, 2.24) is 9.97 Å². The molecule has 0 fully saturated rings. The zero-order chi connectivity index (χ0) is 15.6. The predicted molar refractivity (Wildman–Crippen MR) is 76.3 cm³/mol. The molecule has 0 saturated heterocycles. The zero-order valence-electron chi connectivity index (χ0n) is 11.5. The summed E-state index contributed by atoms with van der Waals surface area (Å²) in [6.07, 6.45) is 0. The van der Waals surface area contributed by atoms with Gasteiger partial charge in [-0.2, -0.15) is 4.98 Å². The van der Waals surface area contributed by atoms with E-state index < -0.39 is 4.92 Å². The largest absolute Gasteiger partial charge is 0.368 e. The van der Waals surface area contributed by atoms with E-state index in [9.17, 15) is 14.5 Å². The standard InChI is InChI=1S/C13H14FN5O2/c1-7(9-3-5-10(14)6-4-9)16-12-11(19(20)21)8(2)17-13(15)18-12/h3-7H,1-2H3,(H3,15,16,17,18). The summed E-state index contributed by atoms with van der Waals surface area (Å²) in [6, 6.07) is 5.52. The number of nitrogens with two attached hydrogens (primary N) is 1. The normalized spacial score (nSPS) is 12.0. The third-order valence-corrected chi connectivity index (χ3v) is 2.98. The summed E-state index contributed by atoms with van der Waals surface area (Å²) in [5.74, 6) is -0.354. The second-order valence-electron chi connectivity index (χ2n) is 4.54. The Labute approximate surface area is 120 Å². The van der Waals surface area contributed by atoms with Crippen molar-refractivity contribution in [2.24, 2.45) is 0 Å². The lowest BCUT2D eigenvalue weighted by molar-refractivity contribution is -0.385. The number of aromatic nitrogens is 2. The fraction of sp³-hybridized carbons (Fsp3) is 0.231. The van der Waals surface area contributed by atoms with Gasteiger partial charge in [-0.25, -0.2) is 9.37 Å². The molecule has 1 unspecified atom stereocenters. The number of nitrogen functional groups attached to an aromatic ring is 1. The Bertz CT molecular complexity index is 675. The summed E-state index contributed by atoms with van der Waals surface area (Å²) >= 11 is 0. The maximum Gasteiger partial charge on any atom is 0.332 e. The number of nitrogens with zero attached hydrogens (tertiary/aromatic N) is 3. The quantitative estimate of drug-likeness (QED) is 0.662. The van der Waals surface area contributed by atoms with Crippen molar-refractivity contribution in [3.63, 3.8) is 0 Å². The summed E-state index contributed by atoms with van der Waals surface area (Å²) in [7, 11) is 0. The monoisotopic (exact) mass is 291 g/mol. The maximum absolute atomic E-state index is 12.9. The molecule has 2 rings (SSSR count). The van der Waals surface area contributed by atoms with Crippen LogP contribution in [0.1, 0.15) is 24.2 Å². The zero-order valence-corrected chi connectivity index (χ0v) is 11.5. The van der Waals surface area contributed by atoms with Crippen LogP contribution < -0.4 is 11.1 Å². The fourth-order valence-electron chi connectivity index (χ4n) is 1.95. The van der Waals surface area contributed by atoms with Gasteiger partial charge in [0.1, 0.15) is 11.5 Å². The molecule has 0 saturated carbocycles. The van der Waals surface area contributed by atoms with Crippen LogP contribution in [-0.4, -0.2) is 14.9 Å². The Morgan fingerprint density at radius 1 is 1.33 bits per heavy atom. The van der Waals surface area contributed by atoms with E-state index in [1.165, 1.54) is 19.1 Å². The van der Waals surface area contributed by atoms with E-state index in [0.717, 1.165) is 5.56 Å². The molecule has 1 atom stereocenters. The number of hydrogen-bond donors (Lipinski definition) is 2. The smallest absolute Gasteiger partial charge is 0.332 e. The third-order valence-electron chi connectivity index (χ3n) is 2.98. The number of hydrogen-bond acceptors (Lipinski definition) is 6. The summed E-state index contributed by atoms with van der Waals surface area (Å²) < 4.78 is 12.9. The molecule has 0 aliphatic heterocycles. The molecule has 1 heterocycles. The number of anilines is 2. The van der Waals surface area contributed by atoms with Gasteiger partial charge in [0.25, 0.3) is 0 Å². The first-order valence-corrected chi connectivity index (χ1v) is 6.19. The first kappa shape index (κ1) is 14.6. The molecular weight excluding hydrogens is 277 g/mol. The van der Waals surface area contributed by atoms with Gasteiger partial charge in [-0.05, 0) is 31.5 Å². The Kier molecular flexibility index (Phi) is 3.97. The first-order valence-electron chi connectivity index (χ1n) is 6.19. The van der Waals surface area contributed by atoms with Crippen molar-refractivity contribution in [3.8, 4) is 0 Å². The number of nitro groups is 1. The van der Waals surface area contributed by atoms with Crippen LogP contribution in [0.5, 0.6) is 0 Å². The number of rotatable bonds is 4. The van der Waals surface area contributed by atoms with Gasteiger partial charge in [0.05, 0.1) is 11.0 Å². The Balaban J connectivity index is 2.34. The Morgan fingerprint density at radius 3 is 2.52 bits per heavy atom. The molecule has 2 aromatic rings. The number of nitrogens with one attached hydrogen (secondary N) is 1. The molecule has 0 spiro atoms. The summed E-state index contributed by atoms with van der Waals surface area (Å²) in [5.41, 5.74) is 6.25. The van der Waals surface area contributed by atoms with Gasteiger partial charge < -0.3 is 11.1 Å². The summed E-state index contributed by atoms with van der Waals surface area (Å²) in [5, 5.41) is 14.0. The van der Waals surface area contributed by atoms with E-state index in [4.69, 9.17) is 5.73 Å². The Morgan fingerprint density at radius 2 is 1.95 bits per heavy atom. The fourth-order valence-corrected chi connectivity index (χ4v) is 1.95. The number of halogens is 1. The highest BCUT2D eigenvalue weighted by molar-refractivity contribution is 5.61.